The van der Waals surface area contributed by atoms with E-state index in [9.17, 15) is 18.3 Å². The Hall–Kier alpha value is -1.36. The van der Waals surface area contributed by atoms with Gasteiger partial charge >= 0.3 is 0 Å². The molecule has 0 unspecified atom stereocenters. The molecule has 1 rings (SSSR count). The van der Waals surface area contributed by atoms with Crippen LogP contribution in [0.1, 0.15) is 15.9 Å². The summed E-state index contributed by atoms with van der Waals surface area (Å²) >= 11 is 0. The third-order valence-electron chi connectivity index (χ3n) is 1.92. The molecule has 15 heavy (non-hydrogen) atoms. The lowest BCUT2D eigenvalue weighted by Crippen LogP contribution is -2.14. The van der Waals surface area contributed by atoms with E-state index in [0.29, 0.717) is 5.56 Å². The second-order valence-corrected chi connectivity index (χ2v) is 5.63. The van der Waals surface area contributed by atoms with Gasteiger partial charge in [-0.3, -0.25) is 4.79 Å². The summed E-state index contributed by atoms with van der Waals surface area (Å²) in [6.07, 6.45) is 0.999. The number of aryl methyl sites for hydroxylation is 1. The highest BCUT2D eigenvalue weighted by Crippen LogP contribution is 2.17. The number of phenolic OH excluding ortho intramolecular Hbond substituents is 1. The Morgan fingerprint density at radius 2 is 2.00 bits per heavy atom. The minimum atomic E-state index is -3.33. The minimum absolute atomic E-state index is 0.00523. The number of carbonyl (C=O) groups is 1. The van der Waals surface area contributed by atoms with Crippen LogP contribution in [0.3, 0.4) is 0 Å². The van der Waals surface area contributed by atoms with Crippen molar-refractivity contribution in [3.8, 4) is 5.75 Å². The maximum absolute atomic E-state index is 11.4. The smallest absolute Gasteiger partial charge is 0.177 e. The van der Waals surface area contributed by atoms with Gasteiger partial charge in [-0.2, -0.15) is 0 Å². The Morgan fingerprint density at radius 1 is 1.40 bits per heavy atom. The molecule has 0 bridgehead atoms. The molecule has 0 aliphatic rings. The number of Topliss-reactive ketones (excluding diaryl/α,β-unsaturated/α-hetero) is 1. The number of hydrogen-bond donors (Lipinski definition) is 1. The van der Waals surface area contributed by atoms with Crippen molar-refractivity contribution < 1.29 is 18.3 Å². The molecule has 0 atom stereocenters. The fourth-order valence-corrected chi connectivity index (χ4v) is 1.75. The summed E-state index contributed by atoms with van der Waals surface area (Å²) in [4.78, 5) is 11.4. The van der Waals surface area contributed by atoms with Gasteiger partial charge in [0.1, 0.15) is 11.5 Å². The van der Waals surface area contributed by atoms with Gasteiger partial charge in [0.05, 0.1) is 0 Å². The van der Waals surface area contributed by atoms with E-state index in [-0.39, 0.29) is 11.3 Å². The standard InChI is InChI=1S/C10H12O4S/c1-7-3-4-8(5-9(7)11)10(12)6-15(2,13)14/h3-5,11H,6H2,1-2H3. The molecule has 0 spiro atoms. The molecule has 0 aliphatic heterocycles. The number of carbonyl (C=O) groups excluding carboxylic acids is 1. The van der Waals surface area contributed by atoms with Crippen molar-refractivity contribution in [1.29, 1.82) is 0 Å². The number of phenols is 1. The summed E-state index contributed by atoms with van der Waals surface area (Å²) in [7, 11) is -3.33. The van der Waals surface area contributed by atoms with E-state index in [1.807, 2.05) is 0 Å². The van der Waals surface area contributed by atoms with Crippen LogP contribution in [0.5, 0.6) is 5.75 Å². The Kier molecular flexibility index (Phi) is 3.14. The second kappa shape index (κ2) is 4.02. The van der Waals surface area contributed by atoms with Gasteiger partial charge in [-0.25, -0.2) is 8.42 Å². The molecule has 5 heteroatoms. The van der Waals surface area contributed by atoms with Crippen LogP contribution in [-0.4, -0.2) is 31.3 Å². The average molecular weight is 228 g/mol. The van der Waals surface area contributed by atoms with Crippen LogP contribution in [0.4, 0.5) is 0 Å². The number of sulfone groups is 1. The summed E-state index contributed by atoms with van der Waals surface area (Å²) in [6, 6.07) is 4.36. The van der Waals surface area contributed by atoms with Gasteiger partial charge in [0.15, 0.2) is 15.6 Å². The average Bonchev–Trinajstić information content (AvgIpc) is 2.06. The van der Waals surface area contributed by atoms with Crippen LogP contribution >= 0.6 is 0 Å². The third-order valence-corrected chi connectivity index (χ3v) is 2.71. The van der Waals surface area contributed by atoms with Gasteiger partial charge in [-0.1, -0.05) is 12.1 Å². The van der Waals surface area contributed by atoms with Crippen LogP contribution < -0.4 is 0 Å². The quantitative estimate of drug-likeness (QED) is 0.781. The first kappa shape index (κ1) is 11.7. The number of aromatic hydroxyl groups is 1. The molecule has 0 aromatic heterocycles. The molecule has 1 N–H and O–H groups in total. The predicted molar refractivity (Wildman–Crippen MR) is 56.9 cm³/mol. The lowest BCUT2D eigenvalue weighted by Gasteiger charge is -2.02. The molecule has 0 aliphatic carbocycles. The van der Waals surface area contributed by atoms with Crippen molar-refractivity contribution in [2.24, 2.45) is 0 Å². The molecular formula is C10H12O4S. The first-order valence-corrected chi connectivity index (χ1v) is 6.36. The molecule has 0 amide bonds. The Morgan fingerprint density at radius 3 is 2.47 bits per heavy atom. The number of hydrogen-bond acceptors (Lipinski definition) is 4. The van der Waals surface area contributed by atoms with Gasteiger partial charge in [-0.05, 0) is 18.6 Å². The van der Waals surface area contributed by atoms with E-state index in [4.69, 9.17) is 0 Å². The fraction of sp³-hybridized carbons (Fsp3) is 0.300. The van der Waals surface area contributed by atoms with Crippen LogP contribution in [0, 0.1) is 6.92 Å². The maximum atomic E-state index is 11.4. The zero-order chi connectivity index (χ0) is 11.6. The Labute approximate surface area is 88.5 Å². The Balaban J connectivity index is 2.98. The molecule has 0 saturated carbocycles. The maximum Gasteiger partial charge on any atom is 0.177 e. The molecule has 82 valence electrons. The molecule has 1 aromatic rings. The summed E-state index contributed by atoms with van der Waals surface area (Å²) in [5, 5.41) is 9.35. The summed E-state index contributed by atoms with van der Waals surface area (Å²) < 4.78 is 21.8. The van der Waals surface area contributed by atoms with Crippen LogP contribution in [0.2, 0.25) is 0 Å². The van der Waals surface area contributed by atoms with Crippen LogP contribution in [0.25, 0.3) is 0 Å². The Bertz CT molecular complexity index is 488. The van der Waals surface area contributed by atoms with E-state index in [1.54, 1.807) is 13.0 Å². The largest absolute Gasteiger partial charge is 0.508 e. The van der Waals surface area contributed by atoms with Crippen molar-refractivity contribution in [2.45, 2.75) is 6.92 Å². The highest BCUT2D eigenvalue weighted by molar-refractivity contribution is 7.91. The first-order valence-electron chi connectivity index (χ1n) is 4.30. The molecule has 0 radical (unpaired) electrons. The molecule has 0 saturated heterocycles. The van der Waals surface area contributed by atoms with E-state index >= 15 is 0 Å². The van der Waals surface area contributed by atoms with E-state index in [1.165, 1.54) is 12.1 Å². The van der Waals surface area contributed by atoms with Crippen molar-refractivity contribution >= 4 is 15.6 Å². The topological polar surface area (TPSA) is 71.4 Å². The van der Waals surface area contributed by atoms with Crippen LogP contribution in [0.15, 0.2) is 18.2 Å². The highest BCUT2D eigenvalue weighted by atomic mass is 32.2. The van der Waals surface area contributed by atoms with Crippen molar-refractivity contribution in [3.05, 3.63) is 29.3 Å². The van der Waals surface area contributed by atoms with Crippen molar-refractivity contribution in [1.82, 2.24) is 0 Å². The van der Waals surface area contributed by atoms with Gasteiger partial charge in [0, 0.05) is 11.8 Å². The molecule has 0 fully saturated rings. The van der Waals surface area contributed by atoms with E-state index < -0.39 is 21.4 Å². The zero-order valence-corrected chi connectivity index (χ0v) is 9.34. The number of benzene rings is 1. The van der Waals surface area contributed by atoms with Crippen molar-refractivity contribution in [3.63, 3.8) is 0 Å². The van der Waals surface area contributed by atoms with Gasteiger partial charge < -0.3 is 5.11 Å². The first-order chi connectivity index (χ1) is 6.79. The third kappa shape index (κ3) is 3.36. The summed E-state index contributed by atoms with van der Waals surface area (Å²) in [6.45, 7) is 1.69. The predicted octanol–water partition coefficient (Wildman–Crippen LogP) is 0.928. The number of ketones is 1. The highest BCUT2D eigenvalue weighted by Gasteiger charge is 2.13. The lowest BCUT2D eigenvalue weighted by atomic mass is 10.1. The zero-order valence-electron chi connectivity index (χ0n) is 8.52. The van der Waals surface area contributed by atoms with Gasteiger partial charge in [0.25, 0.3) is 0 Å². The summed E-state index contributed by atoms with van der Waals surface area (Å²) in [5.74, 6) is -1.04. The normalized spacial score (nSPS) is 11.3. The fourth-order valence-electron chi connectivity index (χ4n) is 1.10. The molecular weight excluding hydrogens is 216 g/mol. The molecule has 4 nitrogen and oxygen atoms in total. The van der Waals surface area contributed by atoms with Crippen molar-refractivity contribution in [2.75, 3.05) is 12.0 Å². The SMILES string of the molecule is Cc1ccc(C(=O)CS(C)(=O)=O)cc1O. The van der Waals surface area contributed by atoms with Gasteiger partial charge in [0.2, 0.25) is 0 Å². The number of rotatable bonds is 3. The minimum Gasteiger partial charge on any atom is -0.508 e. The molecule has 0 heterocycles. The second-order valence-electron chi connectivity index (χ2n) is 3.49. The van der Waals surface area contributed by atoms with Crippen LogP contribution in [-0.2, 0) is 9.84 Å². The van der Waals surface area contributed by atoms with E-state index in [0.717, 1.165) is 6.26 Å². The summed E-state index contributed by atoms with van der Waals surface area (Å²) in [5.41, 5.74) is 0.856. The molecule has 1 aromatic carbocycles. The lowest BCUT2D eigenvalue weighted by molar-refractivity contribution is 0.102. The monoisotopic (exact) mass is 228 g/mol. The van der Waals surface area contributed by atoms with E-state index in [2.05, 4.69) is 0 Å². The van der Waals surface area contributed by atoms with Gasteiger partial charge in [-0.15, -0.1) is 0 Å².